The summed E-state index contributed by atoms with van der Waals surface area (Å²) in [4.78, 5) is 18.2. The third-order valence-electron chi connectivity index (χ3n) is 5.57. The van der Waals surface area contributed by atoms with Crippen molar-refractivity contribution in [2.75, 3.05) is 7.05 Å². The molecular weight excluding hydrogens is 426 g/mol. The molecule has 1 heterocycles. The standard InChI is InChI=1S/C22H34ClNO5S/c1-14(25)5-3-6-15(26)9-11-18-17(19(23)13-20(18)27)8-4-7-16-10-12-21(30-16)22(28)29-24-2/h9-12,14-15,17-20,24-27H,3-8,13H2,1-2H3/b11-9+/t14-,15+,17-,18-,19-,20-/m1/s1. The van der Waals surface area contributed by atoms with Gasteiger partial charge in [0.1, 0.15) is 4.88 Å². The highest BCUT2D eigenvalue weighted by molar-refractivity contribution is 7.13. The summed E-state index contributed by atoms with van der Waals surface area (Å²) in [6, 6.07) is 3.72. The first kappa shape index (κ1) is 25.3. The van der Waals surface area contributed by atoms with Crippen LogP contribution in [0.25, 0.3) is 0 Å². The van der Waals surface area contributed by atoms with Gasteiger partial charge in [-0.25, -0.2) is 4.79 Å². The highest BCUT2D eigenvalue weighted by Gasteiger charge is 2.39. The van der Waals surface area contributed by atoms with Crippen LogP contribution in [0.5, 0.6) is 0 Å². The molecule has 6 nitrogen and oxygen atoms in total. The van der Waals surface area contributed by atoms with Crippen molar-refractivity contribution in [1.82, 2.24) is 5.48 Å². The van der Waals surface area contributed by atoms with Crippen LogP contribution < -0.4 is 5.48 Å². The number of carbonyl (C=O) groups excluding carboxylic acids is 1. The maximum Gasteiger partial charge on any atom is 0.366 e. The molecule has 30 heavy (non-hydrogen) atoms. The van der Waals surface area contributed by atoms with Gasteiger partial charge < -0.3 is 20.2 Å². The fourth-order valence-corrected chi connectivity index (χ4v) is 5.39. The number of hydrogen-bond donors (Lipinski definition) is 4. The zero-order chi connectivity index (χ0) is 22.1. The Morgan fingerprint density at radius 3 is 2.83 bits per heavy atom. The summed E-state index contributed by atoms with van der Waals surface area (Å²) in [5, 5.41) is 29.8. The molecule has 6 atom stereocenters. The zero-order valence-corrected chi connectivity index (χ0v) is 19.2. The van der Waals surface area contributed by atoms with E-state index in [1.165, 1.54) is 11.3 Å². The maximum atomic E-state index is 11.7. The third kappa shape index (κ3) is 7.94. The fourth-order valence-electron chi connectivity index (χ4n) is 3.99. The van der Waals surface area contributed by atoms with Gasteiger partial charge in [-0.1, -0.05) is 12.2 Å². The third-order valence-corrected chi connectivity index (χ3v) is 7.19. The molecule has 170 valence electrons. The Morgan fingerprint density at radius 2 is 2.13 bits per heavy atom. The number of aliphatic hydroxyl groups is 3. The van der Waals surface area contributed by atoms with Crippen molar-refractivity contribution in [3.05, 3.63) is 34.0 Å². The van der Waals surface area contributed by atoms with Crippen LogP contribution in [-0.4, -0.2) is 52.0 Å². The second-order valence-electron chi connectivity index (χ2n) is 8.04. The van der Waals surface area contributed by atoms with Gasteiger partial charge in [-0.2, -0.15) is 5.48 Å². The molecule has 0 saturated heterocycles. The number of hydrogen-bond acceptors (Lipinski definition) is 7. The Labute approximate surface area is 187 Å². The number of alkyl halides is 1. The summed E-state index contributed by atoms with van der Waals surface area (Å²) >= 11 is 7.94. The van der Waals surface area contributed by atoms with Crippen molar-refractivity contribution in [2.45, 2.75) is 75.6 Å². The SMILES string of the molecule is CNOC(=O)c1ccc(CCC[C@@H]2[C@@H](/C=C/[C@@H](O)CCC[C@@H](C)O)[C@H](O)C[C@H]2Cl)s1. The van der Waals surface area contributed by atoms with Crippen LogP contribution in [0.3, 0.4) is 0 Å². The van der Waals surface area contributed by atoms with Gasteiger partial charge in [-0.15, -0.1) is 22.9 Å². The van der Waals surface area contributed by atoms with Gasteiger partial charge in [-0.05, 0) is 69.9 Å². The van der Waals surface area contributed by atoms with Crippen molar-refractivity contribution in [1.29, 1.82) is 0 Å². The van der Waals surface area contributed by atoms with Gasteiger partial charge in [0.25, 0.3) is 0 Å². The van der Waals surface area contributed by atoms with Crippen molar-refractivity contribution in [2.24, 2.45) is 11.8 Å². The first-order chi connectivity index (χ1) is 14.3. The summed E-state index contributed by atoms with van der Waals surface area (Å²) in [6.45, 7) is 1.74. The Morgan fingerprint density at radius 1 is 1.37 bits per heavy atom. The van der Waals surface area contributed by atoms with E-state index in [4.69, 9.17) is 16.4 Å². The van der Waals surface area contributed by atoms with E-state index in [1.807, 2.05) is 12.1 Å². The van der Waals surface area contributed by atoms with Gasteiger partial charge in [-0.3, -0.25) is 0 Å². The van der Waals surface area contributed by atoms with Crippen LogP contribution in [0.1, 0.15) is 60.0 Å². The molecule has 0 bridgehead atoms. The largest absolute Gasteiger partial charge is 0.393 e. The second-order valence-corrected chi connectivity index (χ2v) is 9.77. The summed E-state index contributed by atoms with van der Waals surface area (Å²) < 4.78 is 0. The van der Waals surface area contributed by atoms with Crippen molar-refractivity contribution < 1.29 is 25.0 Å². The lowest BCUT2D eigenvalue weighted by molar-refractivity contribution is 0.0316. The molecule has 0 spiro atoms. The van der Waals surface area contributed by atoms with Crippen LogP contribution in [0.4, 0.5) is 0 Å². The van der Waals surface area contributed by atoms with E-state index < -0.39 is 12.2 Å². The first-order valence-electron chi connectivity index (χ1n) is 10.6. The number of halogens is 1. The van der Waals surface area contributed by atoms with Gasteiger partial charge in [0.15, 0.2) is 0 Å². The molecule has 1 aliphatic carbocycles. The number of rotatable bonds is 12. The van der Waals surface area contributed by atoms with Crippen LogP contribution in [-0.2, 0) is 11.3 Å². The lowest BCUT2D eigenvalue weighted by Crippen LogP contribution is -2.19. The van der Waals surface area contributed by atoms with Crippen LogP contribution in [0, 0.1) is 11.8 Å². The van der Waals surface area contributed by atoms with Crippen molar-refractivity contribution >= 4 is 28.9 Å². The van der Waals surface area contributed by atoms with E-state index in [0.717, 1.165) is 30.6 Å². The van der Waals surface area contributed by atoms with Gasteiger partial charge >= 0.3 is 5.97 Å². The van der Waals surface area contributed by atoms with Gasteiger partial charge in [0.2, 0.25) is 0 Å². The summed E-state index contributed by atoms with van der Waals surface area (Å²) in [6.07, 6.45) is 7.43. The van der Waals surface area contributed by atoms with Crippen LogP contribution in [0.15, 0.2) is 24.3 Å². The lowest BCUT2D eigenvalue weighted by atomic mass is 9.89. The summed E-state index contributed by atoms with van der Waals surface area (Å²) in [5.74, 6) is -0.301. The number of hydroxylamine groups is 1. The minimum atomic E-state index is -0.576. The molecular formula is C22H34ClNO5S. The fraction of sp³-hybridized carbons (Fsp3) is 0.682. The summed E-state index contributed by atoms with van der Waals surface area (Å²) in [5.41, 5.74) is 2.39. The number of thiophene rings is 1. The normalized spacial score (nSPS) is 26.2. The molecule has 4 N–H and O–H groups in total. The quantitative estimate of drug-likeness (QED) is 0.217. The highest BCUT2D eigenvalue weighted by Crippen LogP contribution is 2.40. The topological polar surface area (TPSA) is 99.0 Å². The average Bonchev–Trinajstić information content (AvgIpc) is 3.25. The molecule has 0 radical (unpaired) electrons. The van der Waals surface area contributed by atoms with E-state index in [0.29, 0.717) is 24.1 Å². The molecule has 1 aliphatic rings. The van der Waals surface area contributed by atoms with Crippen molar-refractivity contribution in [3.63, 3.8) is 0 Å². The Kier molecular flexibility index (Phi) is 10.8. The van der Waals surface area contributed by atoms with E-state index >= 15 is 0 Å². The number of nitrogens with one attached hydrogen (secondary N) is 1. The van der Waals surface area contributed by atoms with E-state index in [2.05, 4.69) is 5.48 Å². The van der Waals surface area contributed by atoms with E-state index in [1.54, 1.807) is 26.1 Å². The summed E-state index contributed by atoms with van der Waals surface area (Å²) in [7, 11) is 1.55. The molecule has 1 saturated carbocycles. The maximum absolute atomic E-state index is 11.7. The van der Waals surface area contributed by atoms with Crippen LogP contribution >= 0.6 is 22.9 Å². The Hall–Kier alpha value is -0.960. The molecule has 1 aromatic heterocycles. The predicted octanol–water partition coefficient (Wildman–Crippen LogP) is 3.43. The Bertz CT molecular complexity index is 680. The lowest BCUT2D eigenvalue weighted by Gasteiger charge is -2.21. The monoisotopic (exact) mass is 459 g/mol. The number of aliphatic hydroxyl groups excluding tert-OH is 3. The molecule has 0 aromatic carbocycles. The van der Waals surface area contributed by atoms with Gasteiger partial charge in [0.05, 0.1) is 18.3 Å². The minimum absolute atomic E-state index is 0.0663. The molecule has 0 unspecified atom stereocenters. The van der Waals surface area contributed by atoms with Crippen molar-refractivity contribution in [3.8, 4) is 0 Å². The average molecular weight is 460 g/mol. The second kappa shape index (κ2) is 12.8. The van der Waals surface area contributed by atoms with E-state index in [-0.39, 0.29) is 29.3 Å². The van der Waals surface area contributed by atoms with E-state index in [9.17, 15) is 20.1 Å². The molecule has 2 rings (SSSR count). The number of aryl methyl sites for hydroxylation is 1. The Balaban J connectivity index is 1.84. The number of carbonyl (C=O) groups is 1. The molecule has 1 aromatic rings. The zero-order valence-electron chi connectivity index (χ0n) is 17.7. The van der Waals surface area contributed by atoms with Crippen LogP contribution in [0.2, 0.25) is 0 Å². The molecule has 8 heteroatoms. The predicted molar refractivity (Wildman–Crippen MR) is 120 cm³/mol. The molecule has 0 aliphatic heterocycles. The van der Waals surface area contributed by atoms with Gasteiger partial charge in [0, 0.05) is 23.2 Å². The first-order valence-corrected chi connectivity index (χ1v) is 11.9. The molecule has 1 fully saturated rings. The smallest absolute Gasteiger partial charge is 0.366 e. The highest BCUT2D eigenvalue weighted by atomic mass is 35.5. The minimum Gasteiger partial charge on any atom is -0.393 e. The molecule has 0 amide bonds.